The van der Waals surface area contributed by atoms with Gasteiger partial charge in [-0.1, -0.05) is 0 Å². The molecule has 0 saturated carbocycles. The fraction of sp³-hybridized carbons (Fsp3) is 0.611. The van der Waals surface area contributed by atoms with E-state index < -0.39 is 17.2 Å². The highest BCUT2D eigenvalue weighted by Gasteiger charge is 2.27. The second-order valence-electron chi connectivity index (χ2n) is 7.24. The molecule has 3 heterocycles. The molecule has 0 aliphatic carbocycles. The standard InChI is InChI=1S/C18H25N5O5/c1-20-16-15(17(27)21(2)18(20)28)22(11-19-16)10-8-13(24)23-9-4-3-5-12(23)6-7-14(25)26/h11-12H,3-10H2,1-2H3,(H,25,26). The lowest BCUT2D eigenvalue weighted by Crippen LogP contribution is -2.44. The molecule has 1 aliphatic heterocycles. The topological polar surface area (TPSA) is 119 Å². The van der Waals surface area contributed by atoms with Gasteiger partial charge in [0.2, 0.25) is 5.91 Å². The normalized spacial score (nSPS) is 17.2. The third kappa shape index (κ3) is 3.71. The SMILES string of the molecule is Cn1c(=O)c2c(ncn2CCC(=O)N2CCCCC2CCC(=O)O)n(C)c1=O. The molecule has 2 aromatic heterocycles. The zero-order valence-corrected chi connectivity index (χ0v) is 16.1. The van der Waals surface area contributed by atoms with Gasteiger partial charge in [0.05, 0.1) is 6.33 Å². The predicted octanol–water partition coefficient (Wildman–Crippen LogP) is 0.0697. The number of imidazole rings is 1. The molecular formula is C18H25N5O5. The van der Waals surface area contributed by atoms with Gasteiger partial charge in [-0.2, -0.15) is 0 Å². The number of carbonyl (C=O) groups excluding carboxylic acids is 1. The van der Waals surface area contributed by atoms with Crippen LogP contribution >= 0.6 is 0 Å². The first-order chi connectivity index (χ1) is 13.3. The maximum atomic E-state index is 12.8. The van der Waals surface area contributed by atoms with Crippen LogP contribution in [0.4, 0.5) is 0 Å². The van der Waals surface area contributed by atoms with E-state index in [1.54, 1.807) is 16.5 Å². The van der Waals surface area contributed by atoms with Gasteiger partial charge >= 0.3 is 11.7 Å². The van der Waals surface area contributed by atoms with Crippen molar-refractivity contribution in [2.45, 2.75) is 51.1 Å². The van der Waals surface area contributed by atoms with Crippen LogP contribution < -0.4 is 11.2 Å². The summed E-state index contributed by atoms with van der Waals surface area (Å²) < 4.78 is 3.93. The summed E-state index contributed by atoms with van der Waals surface area (Å²) in [5.41, 5.74) is -0.315. The predicted molar refractivity (Wildman–Crippen MR) is 101 cm³/mol. The number of rotatable bonds is 6. The minimum atomic E-state index is -0.857. The number of likely N-dealkylation sites (tertiary alicyclic amines) is 1. The third-order valence-corrected chi connectivity index (χ3v) is 5.42. The van der Waals surface area contributed by atoms with Crippen LogP contribution in [0.15, 0.2) is 15.9 Å². The number of carboxylic acids is 1. The highest BCUT2D eigenvalue weighted by molar-refractivity contribution is 5.77. The van der Waals surface area contributed by atoms with Gasteiger partial charge in [-0.05, 0) is 25.7 Å². The Balaban J connectivity index is 1.76. The number of aryl methyl sites for hydroxylation is 2. The first-order valence-electron chi connectivity index (χ1n) is 9.43. The highest BCUT2D eigenvalue weighted by atomic mass is 16.4. The number of aliphatic carboxylic acids is 1. The molecular weight excluding hydrogens is 366 g/mol. The van der Waals surface area contributed by atoms with E-state index in [0.717, 1.165) is 23.8 Å². The zero-order chi connectivity index (χ0) is 20.4. The quantitative estimate of drug-likeness (QED) is 0.744. The van der Waals surface area contributed by atoms with Crippen LogP contribution in [0.1, 0.15) is 38.5 Å². The molecule has 10 nitrogen and oxygen atoms in total. The first-order valence-corrected chi connectivity index (χ1v) is 9.43. The Morgan fingerprint density at radius 3 is 2.64 bits per heavy atom. The molecule has 2 aromatic rings. The van der Waals surface area contributed by atoms with E-state index in [0.29, 0.717) is 18.5 Å². The number of hydrogen-bond acceptors (Lipinski definition) is 5. The molecule has 0 radical (unpaired) electrons. The summed E-state index contributed by atoms with van der Waals surface area (Å²) in [7, 11) is 2.96. The summed E-state index contributed by atoms with van der Waals surface area (Å²) >= 11 is 0. The van der Waals surface area contributed by atoms with Crippen molar-refractivity contribution in [1.29, 1.82) is 0 Å². The fourth-order valence-electron chi connectivity index (χ4n) is 3.85. The Labute approximate surface area is 161 Å². The van der Waals surface area contributed by atoms with Crippen molar-refractivity contribution in [3.8, 4) is 0 Å². The van der Waals surface area contributed by atoms with Gasteiger partial charge in [-0.3, -0.25) is 23.5 Å². The average molecular weight is 391 g/mol. The van der Waals surface area contributed by atoms with Gasteiger partial charge in [0.15, 0.2) is 11.2 Å². The molecule has 28 heavy (non-hydrogen) atoms. The van der Waals surface area contributed by atoms with Crippen LogP contribution in [-0.4, -0.2) is 53.2 Å². The van der Waals surface area contributed by atoms with Gasteiger partial charge < -0.3 is 14.6 Å². The summed E-state index contributed by atoms with van der Waals surface area (Å²) in [5, 5.41) is 8.92. The smallest absolute Gasteiger partial charge is 0.332 e. The Hall–Kier alpha value is -2.91. The molecule has 3 rings (SSSR count). The van der Waals surface area contributed by atoms with Crippen LogP contribution in [0.2, 0.25) is 0 Å². The summed E-state index contributed by atoms with van der Waals surface area (Å²) in [4.78, 5) is 54.0. The van der Waals surface area contributed by atoms with Gasteiger partial charge in [-0.15, -0.1) is 0 Å². The van der Waals surface area contributed by atoms with Gasteiger partial charge in [0.1, 0.15) is 0 Å². The second kappa shape index (κ2) is 7.99. The monoisotopic (exact) mass is 391 g/mol. The first kappa shape index (κ1) is 19.8. The molecule has 0 bridgehead atoms. The van der Waals surface area contributed by atoms with E-state index in [4.69, 9.17) is 5.11 Å². The average Bonchev–Trinajstić information content (AvgIpc) is 3.11. The van der Waals surface area contributed by atoms with E-state index in [1.807, 2.05) is 0 Å². The number of nitrogens with zero attached hydrogens (tertiary/aromatic N) is 5. The molecule has 0 spiro atoms. The molecule has 1 unspecified atom stereocenters. The van der Waals surface area contributed by atoms with Crippen molar-refractivity contribution in [1.82, 2.24) is 23.6 Å². The molecule has 10 heteroatoms. The molecule has 1 fully saturated rings. The number of amides is 1. The van der Waals surface area contributed by atoms with Crippen molar-refractivity contribution >= 4 is 23.0 Å². The number of carbonyl (C=O) groups is 2. The van der Waals surface area contributed by atoms with Crippen LogP contribution in [-0.2, 0) is 30.2 Å². The highest BCUT2D eigenvalue weighted by Crippen LogP contribution is 2.22. The molecule has 1 atom stereocenters. The number of piperidine rings is 1. The summed E-state index contributed by atoms with van der Waals surface area (Å²) in [6.07, 6.45) is 4.87. The lowest BCUT2D eigenvalue weighted by atomic mass is 9.97. The maximum Gasteiger partial charge on any atom is 0.332 e. The zero-order valence-electron chi connectivity index (χ0n) is 16.1. The Kier molecular flexibility index (Phi) is 5.66. The molecule has 1 aliphatic rings. The summed E-state index contributed by atoms with van der Waals surface area (Å²) in [6.45, 7) is 0.898. The van der Waals surface area contributed by atoms with Crippen molar-refractivity contribution in [2.75, 3.05) is 6.54 Å². The Morgan fingerprint density at radius 1 is 1.18 bits per heavy atom. The van der Waals surface area contributed by atoms with Gasteiger partial charge in [0.25, 0.3) is 5.56 Å². The van der Waals surface area contributed by atoms with Crippen LogP contribution in [0, 0.1) is 0 Å². The molecule has 1 amide bonds. The fourth-order valence-corrected chi connectivity index (χ4v) is 3.85. The Bertz CT molecular complexity index is 1020. The largest absolute Gasteiger partial charge is 0.481 e. The van der Waals surface area contributed by atoms with E-state index in [-0.39, 0.29) is 37.0 Å². The molecule has 0 aromatic carbocycles. The number of fused-ring (bicyclic) bond motifs is 1. The summed E-state index contributed by atoms with van der Waals surface area (Å²) in [5.74, 6) is -0.914. The third-order valence-electron chi connectivity index (χ3n) is 5.42. The van der Waals surface area contributed by atoms with Gasteiger partial charge in [0, 0.05) is 46.1 Å². The Morgan fingerprint density at radius 2 is 1.93 bits per heavy atom. The minimum Gasteiger partial charge on any atom is -0.481 e. The molecule has 152 valence electrons. The summed E-state index contributed by atoms with van der Waals surface area (Å²) in [6, 6.07) is -0.0504. The molecule has 1 N–H and O–H groups in total. The second-order valence-corrected chi connectivity index (χ2v) is 7.24. The van der Waals surface area contributed by atoms with Crippen LogP contribution in [0.25, 0.3) is 11.2 Å². The minimum absolute atomic E-state index is 0.0463. The maximum absolute atomic E-state index is 12.8. The number of carboxylic acid groups (broad SMARTS) is 1. The lowest BCUT2D eigenvalue weighted by molar-refractivity contribution is -0.140. The van der Waals surface area contributed by atoms with Crippen LogP contribution in [0.3, 0.4) is 0 Å². The van der Waals surface area contributed by atoms with E-state index in [9.17, 15) is 19.2 Å². The van der Waals surface area contributed by atoms with Crippen molar-refractivity contribution in [3.63, 3.8) is 0 Å². The van der Waals surface area contributed by atoms with Crippen molar-refractivity contribution in [3.05, 3.63) is 27.2 Å². The van der Waals surface area contributed by atoms with E-state index >= 15 is 0 Å². The van der Waals surface area contributed by atoms with Crippen molar-refractivity contribution < 1.29 is 14.7 Å². The van der Waals surface area contributed by atoms with Crippen LogP contribution in [0.5, 0.6) is 0 Å². The number of aromatic nitrogens is 4. The van der Waals surface area contributed by atoms with E-state index in [2.05, 4.69) is 4.98 Å². The van der Waals surface area contributed by atoms with Gasteiger partial charge in [-0.25, -0.2) is 9.78 Å². The molecule has 1 saturated heterocycles. The number of hydrogen-bond donors (Lipinski definition) is 1. The van der Waals surface area contributed by atoms with E-state index in [1.165, 1.54) is 17.9 Å². The lowest BCUT2D eigenvalue weighted by Gasteiger charge is -2.35. The van der Waals surface area contributed by atoms with Crippen molar-refractivity contribution in [2.24, 2.45) is 14.1 Å².